The summed E-state index contributed by atoms with van der Waals surface area (Å²) >= 11 is 0. The molecule has 0 radical (unpaired) electrons. The molecule has 0 unspecified atom stereocenters. The molecular formula is C9H9O6S-. The topological polar surface area (TPSA) is 104 Å². The molecule has 1 N–H and O–H groups in total. The van der Waals surface area contributed by atoms with Crippen LogP contribution in [0, 0.1) is 0 Å². The van der Waals surface area contributed by atoms with Crippen molar-refractivity contribution in [1.82, 2.24) is 0 Å². The number of hydrogen-bond acceptors (Lipinski definition) is 6. The van der Waals surface area contributed by atoms with E-state index in [2.05, 4.69) is 4.74 Å². The summed E-state index contributed by atoms with van der Waals surface area (Å²) in [6.07, 6.45) is 0. The first-order chi connectivity index (χ1) is 7.46. The van der Waals surface area contributed by atoms with Crippen molar-refractivity contribution in [3.8, 4) is 0 Å². The molecule has 1 aromatic rings. The Labute approximate surface area is 92.2 Å². The van der Waals surface area contributed by atoms with E-state index in [1.807, 2.05) is 0 Å². The van der Waals surface area contributed by atoms with Crippen molar-refractivity contribution < 1.29 is 27.6 Å². The van der Waals surface area contributed by atoms with E-state index in [0.717, 1.165) is 6.07 Å². The summed E-state index contributed by atoms with van der Waals surface area (Å²) in [5.74, 6) is -0.955. The Morgan fingerprint density at radius 1 is 1.38 bits per heavy atom. The van der Waals surface area contributed by atoms with Crippen LogP contribution in [0.1, 0.15) is 10.4 Å². The first-order valence-corrected chi connectivity index (χ1v) is 5.70. The molecule has 0 bridgehead atoms. The van der Waals surface area contributed by atoms with E-state index in [1.165, 1.54) is 18.2 Å². The summed E-state index contributed by atoms with van der Waals surface area (Å²) < 4.78 is 37.0. The highest BCUT2D eigenvalue weighted by Crippen LogP contribution is 2.15. The second kappa shape index (κ2) is 5.06. The zero-order chi connectivity index (χ0) is 12.2. The SMILES string of the molecule is O=C(OCCO)c1ccccc1S(=O)(=O)[O-]. The maximum absolute atomic E-state index is 11.3. The third kappa shape index (κ3) is 3.02. The molecule has 0 fully saturated rings. The van der Waals surface area contributed by atoms with Crippen molar-refractivity contribution in [3.05, 3.63) is 29.8 Å². The molecule has 0 heterocycles. The highest BCUT2D eigenvalue weighted by atomic mass is 32.2. The van der Waals surface area contributed by atoms with Gasteiger partial charge in [0.05, 0.1) is 17.1 Å². The van der Waals surface area contributed by atoms with Crippen molar-refractivity contribution in [2.75, 3.05) is 13.2 Å². The van der Waals surface area contributed by atoms with Gasteiger partial charge in [-0.15, -0.1) is 0 Å². The third-order valence-electron chi connectivity index (χ3n) is 1.70. The molecule has 0 saturated heterocycles. The minimum absolute atomic E-state index is 0.258. The maximum atomic E-state index is 11.3. The van der Waals surface area contributed by atoms with E-state index in [1.54, 1.807) is 0 Å². The predicted octanol–water partition coefficient (Wildman–Crippen LogP) is -0.260. The second-order valence-corrected chi connectivity index (χ2v) is 4.16. The molecule has 1 rings (SSSR count). The monoisotopic (exact) mass is 245 g/mol. The fourth-order valence-corrected chi connectivity index (χ4v) is 1.74. The predicted molar refractivity (Wildman–Crippen MR) is 51.8 cm³/mol. The Bertz CT molecular complexity index is 479. The Morgan fingerprint density at radius 3 is 2.56 bits per heavy atom. The molecule has 0 aromatic heterocycles. The summed E-state index contributed by atoms with van der Waals surface area (Å²) in [5.41, 5.74) is -0.328. The van der Waals surface area contributed by atoms with Gasteiger partial charge in [0, 0.05) is 0 Å². The molecule has 0 spiro atoms. The number of carbonyl (C=O) groups excluding carboxylic acids is 1. The molecule has 16 heavy (non-hydrogen) atoms. The van der Waals surface area contributed by atoms with Gasteiger partial charge in [-0.25, -0.2) is 13.2 Å². The highest BCUT2D eigenvalue weighted by molar-refractivity contribution is 7.85. The van der Waals surface area contributed by atoms with E-state index in [0.29, 0.717) is 0 Å². The minimum atomic E-state index is -4.72. The van der Waals surface area contributed by atoms with Crippen LogP contribution in [0.3, 0.4) is 0 Å². The summed E-state index contributed by atoms with van der Waals surface area (Å²) in [4.78, 5) is 10.7. The number of carbonyl (C=O) groups is 1. The molecular weight excluding hydrogens is 236 g/mol. The Morgan fingerprint density at radius 2 is 2.00 bits per heavy atom. The van der Waals surface area contributed by atoms with E-state index in [4.69, 9.17) is 5.11 Å². The molecule has 6 nitrogen and oxygen atoms in total. The largest absolute Gasteiger partial charge is 0.744 e. The fraction of sp³-hybridized carbons (Fsp3) is 0.222. The van der Waals surface area contributed by atoms with Gasteiger partial charge in [-0.3, -0.25) is 0 Å². The van der Waals surface area contributed by atoms with Crippen molar-refractivity contribution in [2.24, 2.45) is 0 Å². The van der Waals surface area contributed by atoms with Crippen LogP contribution in [0.4, 0.5) is 0 Å². The molecule has 0 aliphatic heterocycles. The van der Waals surface area contributed by atoms with Gasteiger partial charge in [-0.1, -0.05) is 12.1 Å². The number of aliphatic hydroxyl groups excluding tert-OH is 1. The van der Waals surface area contributed by atoms with Gasteiger partial charge in [0.15, 0.2) is 0 Å². The average molecular weight is 245 g/mol. The smallest absolute Gasteiger partial charge is 0.339 e. The van der Waals surface area contributed by atoms with E-state index in [9.17, 15) is 17.8 Å². The first-order valence-electron chi connectivity index (χ1n) is 4.29. The van der Waals surface area contributed by atoms with Crippen LogP contribution in [0.15, 0.2) is 29.2 Å². The molecule has 0 amide bonds. The summed E-state index contributed by atoms with van der Waals surface area (Å²) in [7, 11) is -4.72. The number of benzene rings is 1. The number of aliphatic hydroxyl groups is 1. The quantitative estimate of drug-likeness (QED) is 0.579. The molecule has 0 saturated carbocycles. The van der Waals surface area contributed by atoms with Crippen LogP contribution >= 0.6 is 0 Å². The maximum Gasteiger partial charge on any atom is 0.339 e. The average Bonchev–Trinajstić information content (AvgIpc) is 2.24. The van der Waals surface area contributed by atoms with Crippen molar-refractivity contribution in [3.63, 3.8) is 0 Å². The van der Waals surface area contributed by atoms with Gasteiger partial charge in [0.2, 0.25) is 0 Å². The van der Waals surface area contributed by atoms with Crippen LogP contribution in [-0.2, 0) is 14.9 Å². The van der Waals surface area contributed by atoms with Crippen LogP contribution in [-0.4, -0.2) is 37.3 Å². The summed E-state index contributed by atoms with van der Waals surface area (Å²) in [6, 6.07) is 4.93. The normalized spacial score (nSPS) is 11.1. The number of esters is 1. The third-order valence-corrected chi connectivity index (χ3v) is 2.60. The van der Waals surface area contributed by atoms with Crippen LogP contribution in [0.5, 0.6) is 0 Å². The van der Waals surface area contributed by atoms with Crippen LogP contribution in [0.2, 0.25) is 0 Å². The lowest BCUT2D eigenvalue weighted by molar-refractivity contribution is 0.0429. The fourth-order valence-electron chi connectivity index (χ4n) is 1.07. The molecule has 1 aromatic carbocycles. The lowest BCUT2D eigenvalue weighted by Gasteiger charge is -2.11. The van der Waals surface area contributed by atoms with Crippen molar-refractivity contribution in [1.29, 1.82) is 0 Å². The highest BCUT2D eigenvalue weighted by Gasteiger charge is 2.15. The Kier molecular flexibility index (Phi) is 3.99. The Balaban J connectivity index is 3.09. The van der Waals surface area contributed by atoms with Gasteiger partial charge in [0.1, 0.15) is 16.7 Å². The Hall–Kier alpha value is -1.44. The van der Waals surface area contributed by atoms with Gasteiger partial charge in [-0.05, 0) is 12.1 Å². The van der Waals surface area contributed by atoms with Crippen molar-refractivity contribution in [2.45, 2.75) is 4.90 Å². The molecule has 88 valence electrons. The van der Waals surface area contributed by atoms with Crippen LogP contribution in [0.25, 0.3) is 0 Å². The number of hydrogen-bond donors (Lipinski definition) is 1. The molecule has 0 aliphatic rings. The van der Waals surface area contributed by atoms with Gasteiger partial charge >= 0.3 is 5.97 Å². The number of ether oxygens (including phenoxy) is 1. The van der Waals surface area contributed by atoms with Crippen LogP contribution < -0.4 is 0 Å². The summed E-state index contributed by atoms with van der Waals surface area (Å²) in [5, 5.41) is 8.43. The van der Waals surface area contributed by atoms with E-state index in [-0.39, 0.29) is 18.8 Å². The molecule has 0 atom stereocenters. The molecule has 7 heteroatoms. The molecule has 0 aliphatic carbocycles. The van der Waals surface area contributed by atoms with E-state index >= 15 is 0 Å². The van der Waals surface area contributed by atoms with Gasteiger partial charge < -0.3 is 14.4 Å². The van der Waals surface area contributed by atoms with Gasteiger partial charge in [-0.2, -0.15) is 0 Å². The minimum Gasteiger partial charge on any atom is -0.744 e. The zero-order valence-electron chi connectivity index (χ0n) is 8.12. The lowest BCUT2D eigenvalue weighted by atomic mass is 10.2. The van der Waals surface area contributed by atoms with Crippen molar-refractivity contribution >= 4 is 16.1 Å². The lowest BCUT2D eigenvalue weighted by Crippen LogP contribution is -2.13. The first kappa shape index (κ1) is 12.6. The standard InChI is InChI=1S/C9H10O6S/c10-5-6-15-9(11)7-3-1-2-4-8(7)16(12,13)14/h1-4,10H,5-6H2,(H,12,13,14)/p-1. The van der Waals surface area contributed by atoms with E-state index < -0.39 is 21.0 Å². The number of rotatable bonds is 4. The van der Waals surface area contributed by atoms with Gasteiger partial charge in [0.25, 0.3) is 0 Å². The summed E-state index contributed by atoms with van der Waals surface area (Å²) in [6.45, 7) is -0.635. The zero-order valence-corrected chi connectivity index (χ0v) is 8.94. The second-order valence-electron chi connectivity index (χ2n) is 2.81.